The molecule has 0 amide bonds. The minimum atomic E-state index is 0.444. The van der Waals surface area contributed by atoms with Gasteiger partial charge in [-0.25, -0.2) is 4.68 Å². The summed E-state index contributed by atoms with van der Waals surface area (Å²) in [5.74, 6) is 0. The second-order valence-electron chi connectivity index (χ2n) is 3.00. The Bertz CT molecular complexity index is 422. The Kier molecular flexibility index (Phi) is 1.98. The zero-order valence-electron chi connectivity index (χ0n) is 7.69. The average molecular weight is 177 g/mol. The van der Waals surface area contributed by atoms with E-state index in [2.05, 4.69) is 10.3 Å². The lowest BCUT2D eigenvalue weighted by Gasteiger charge is -1.98. The number of hydrogen-bond acceptors (Lipinski definition) is 3. The molecule has 0 N–H and O–H groups in total. The lowest BCUT2D eigenvalue weighted by Crippen LogP contribution is -2.01. The molecule has 4 heteroatoms. The summed E-state index contributed by atoms with van der Waals surface area (Å²) >= 11 is 0. The van der Waals surface area contributed by atoms with Gasteiger partial charge in [-0.2, -0.15) is 0 Å². The van der Waals surface area contributed by atoms with Crippen LogP contribution in [0.1, 0.15) is 5.56 Å². The summed E-state index contributed by atoms with van der Waals surface area (Å²) in [4.78, 5) is 0. The fourth-order valence-corrected chi connectivity index (χ4v) is 1.30. The van der Waals surface area contributed by atoms with E-state index < -0.39 is 0 Å². The maximum absolute atomic E-state index is 4.99. The number of ether oxygens (including phenoxy) is 1. The molecule has 0 unspecified atom stereocenters. The molecular weight excluding hydrogens is 166 g/mol. The van der Waals surface area contributed by atoms with Gasteiger partial charge in [0.2, 0.25) is 0 Å². The Balaban J connectivity index is 2.55. The summed E-state index contributed by atoms with van der Waals surface area (Å²) in [6, 6.07) is 6.05. The Morgan fingerprint density at radius 2 is 2.31 bits per heavy atom. The van der Waals surface area contributed by atoms with Crippen molar-refractivity contribution in [1.29, 1.82) is 0 Å². The van der Waals surface area contributed by atoms with Gasteiger partial charge in [-0.1, -0.05) is 11.3 Å². The van der Waals surface area contributed by atoms with Crippen molar-refractivity contribution in [3.05, 3.63) is 23.8 Å². The van der Waals surface area contributed by atoms with Gasteiger partial charge in [0.25, 0.3) is 0 Å². The quantitative estimate of drug-likeness (QED) is 0.695. The molecule has 2 rings (SSSR count). The monoisotopic (exact) mass is 177 g/mol. The first-order chi connectivity index (χ1) is 6.31. The Morgan fingerprint density at radius 3 is 3.08 bits per heavy atom. The highest BCUT2D eigenvalue weighted by atomic mass is 16.5. The van der Waals surface area contributed by atoms with E-state index in [1.54, 1.807) is 11.8 Å². The van der Waals surface area contributed by atoms with Crippen molar-refractivity contribution in [1.82, 2.24) is 15.0 Å². The van der Waals surface area contributed by atoms with Crippen LogP contribution in [0.4, 0.5) is 0 Å². The van der Waals surface area contributed by atoms with Gasteiger partial charge in [-0.05, 0) is 24.6 Å². The minimum Gasteiger partial charge on any atom is -0.362 e. The number of benzene rings is 1. The maximum Gasteiger partial charge on any atom is 0.141 e. The molecule has 13 heavy (non-hydrogen) atoms. The van der Waals surface area contributed by atoms with Crippen molar-refractivity contribution in [2.24, 2.45) is 0 Å². The smallest absolute Gasteiger partial charge is 0.141 e. The Labute approximate surface area is 76.1 Å². The first-order valence-electron chi connectivity index (χ1n) is 4.10. The summed E-state index contributed by atoms with van der Waals surface area (Å²) < 4.78 is 6.72. The number of aryl methyl sites for hydroxylation is 1. The molecule has 0 spiro atoms. The third-order valence-electron chi connectivity index (χ3n) is 1.92. The molecule has 0 saturated carbocycles. The maximum atomic E-state index is 4.99. The van der Waals surface area contributed by atoms with Crippen molar-refractivity contribution in [3.63, 3.8) is 0 Å². The molecule has 0 atom stereocenters. The predicted octanol–water partition coefficient (Wildman–Crippen LogP) is 1.34. The van der Waals surface area contributed by atoms with Gasteiger partial charge in [0.1, 0.15) is 12.2 Å². The van der Waals surface area contributed by atoms with E-state index >= 15 is 0 Å². The summed E-state index contributed by atoms with van der Waals surface area (Å²) in [5, 5.41) is 8.00. The summed E-state index contributed by atoms with van der Waals surface area (Å²) in [7, 11) is 1.64. The topological polar surface area (TPSA) is 39.9 Å². The standard InChI is InChI=1S/C9H11N3O/c1-7-3-4-9-8(5-7)10-11-12(9)6-13-2/h3-5H,6H2,1-2H3. The summed E-state index contributed by atoms with van der Waals surface area (Å²) in [6.45, 7) is 2.48. The van der Waals surface area contributed by atoms with Crippen LogP contribution >= 0.6 is 0 Å². The molecule has 0 bridgehead atoms. The van der Waals surface area contributed by atoms with E-state index in [4.69, 9.17) is 4.74 Å². The first kappa shape index (κ1) is 8.19. The average Bonchev–Trinajstić information content (AvgIpc) is 2.49. The highest BCUT2D eigenvalue weighted by Gasteiger charge is 2.02. The number of methoxy groups -OCH3 is 1. The van der Waals surface area contributed by atoms with Crippen LogP contribution in [0.3, 0.4) is 0 Å². The van der Waals surface area contributed by atoms with Crippen molar-refractivity contribution < 1.29 is 4.74 Å². The second kappa shape index (κ2) is 3.14. The largest absolute Gasteiger partial charge is 0.362 e. The van der Waals surface area contributed by atoms with Crippen molar-refractivity contribution in [2.45, 2.75) is 13.7 Å². The normalized spacial score (nSPS) is 10.9. The highest BCUT2D eigenvalue weighted by Crippen LogP contribution is 2.12. The molecule has 0 saturated heterocycles. The van der Waals surface area contributed by atoms with Crippen molar-refractivity contribution >= 4 is 11.0 Å². The molecule has 1 aromatic carbocycles. The molecule has 68 valence electrons. The zero-order valence-corrected chi connectivity index (χ0v) is 7.69. The SMILES string of the molecule is COCn1nnc2cc(C)ccc21. The van der Waals surface area contributed by atoms with Crippen LogP contribution in [0, 0.1) is 6.92 Å². The van der Waals surface area contributed by atoms with Crippen LogP contribution in [0.15, 0.2) is 18.2 Å². The molecule has 1 aromatic heterocycles. The molecule has 0 fully saturated rings. The van der Waals surface area contributed by atoms with Crippen LogP contribution in [0.25, 0.3) is 11.0 Å². The highest BCUT2D eigenvalue weighted by molar-refractivity contribution is 5.74. The molecule has 0 aliphatic carbocycles. The molecule has 4 nitrogen and oxygen atoms in total. The number of aromatic nitrogens is 3. The van der Waals surface area contributed by atoms with Gasteiger partial charge in [0.15, 0.2) is 0 Å². The number of hydrogen-bond donors (Lipinski definition) is 0. The van der Waals surface area contributed by atoms with E-state index in [0.29, 0.717) is 6.73 Å². The third-order valence-corrected chi connectivity index (χ3v) is 1.92. The van der Waals surface area contributed by atoms with Crippen LogP contribution in [0.5, 0.6) is 0 Å². The van der Waals surface area contributed by atoms with Crippen molar-refractivity contribution in [2.75, 3.05) is 7.11 Å². The van der Waals surface area contributed by atoms with Gasteiger partial charge < -0.3 is 4.74 Å². The van der Waals surface area contributed by atoms with Crippen molar-refractivity contribution in [3.8, 4) is 0 Å². The van der Waals surface area contributed by atoms with Crippen LogP contribution < -0.4 is 0 Å². The third kappa shape index (κ3) is 1.40. The number of nitrogens with zero attached hydrogens (tertiary/aromatic N) is 3. The minimum absolute atomic E-state index is 0.444. The second-order valence-corrected chi connectivity index (χ2v) is 3.00. The van der Waals surface area contributed by atoms with E-state index in [-0.39, 0.29) is 0 Å². The number of rotatable bonds is 2. The molecule has 0 aliphatic heterocycles. The van der Waals surface area contributed by atoms with Gasteiger partial charge in [0, 0.05) is 7.11 Å². The first-order valence-corrected chi connectivity index (χ1v) is 4.10. The number of fused-ring (bicyclic) bond motifs is 1. The van der Waals surface area contributed by atoms with Crippen LogP contribution in [-0.2, 0) is 11.5 Å². The van der Waals surface area contributed by atoms with E-state index in [9.17, 15) is 0 Å². The van der Waals surface area contributed by atoms with Gasteiger partial charge in [-0.3, -0.25) is 0 Å². The molecule has 1 heterocycles. The predicted molar refractivity (Wildman–Crippen MR) is 49.3 cm³/mol. The molecule has 0 radical (unpaired) electrons. The van der Waals surface area contributed by atoms with E-state index in [1.165, 1.54) is 5.56 Å². The van der Waals surface area contributed by atoms with Gasteiger partial charge in [-0.15, -0.1) is 5.10 Å². The molecular formula is C9H11N3O. The summed E-state index contributed by atoms with van der Waals surface area (Å²) in [5.41, 5.74) is 3.11. The van der Waals surface area contributed by atoms with E-state index in [0.717, 1.165) is 11.0 Å². The van der Waals surface area contributed by atoms with Crippen LogP contribution in [-0.4, -0.2) is 22.1 Å². The Morgan fingerprint density at radius 1 is 1.46 bits per heavy atom. The lowest BCUT2D eigenvalue weighted by atomic mass is 10.2. The fourth-order valence-electron chi connectivity index (χ4n) is 1.30. The molecule has 2 aromatic rings. The lowest BCUT2D eigenvalue weighted by molar-refractivity contribution is 0.122. The van der Waals surface area contributed by atoms with Gasteiger partial charge >= 0.3 is 0 Å². The summed E-state index contributed by atoms with van der Waals surface area (Å²) in [6.07, 6.45) is 0. The Hall–Kier alpha value is -1.42. The van der Waals surface area contributed by atoms with E-state index in [1.807, 2.05) is 25.1 Å². The zero-order chi connectivity index (χ0) is 9.26. The van der Waals surface area contributed by atoms with Gasteiger partial charge in [0.05, 0.1) is 5.52 Å². The van der Waals surface area contributed by atoms with Crippen LogP contribution in [0.2, 0.25) is 0 Å². The fraction of sp³-hybridized carbons (Fsp3) is 0.333. The molecule has 0 aliphatic rings.